The zero-order chi connectivity index (χ0) is 33.4. The second-order valence-corrected chi connectivity index (χ2v) is 13.6. The number of anilines is 2. The number of amides is 3. The molecule has 2 saturated heterocycles. The summed E-state index contributed by atoms with van der Waals surface area (Å²) in [6.07, 6.45) is 3.33. The molecule has 2 atom stereocenters. The minimum absolute atomic E-state index is 0.0769. The number of nitrogens with zero attached hydrogens (tertiary/aromatic N) is 7. The van der Waals surface area contributed by atoms with Gasteiger partial charge in [0.15, 0.2) is 0 Å². The number of carbonyl (C=O) groups is 3. The number of rotatable bonds is 11. The first-order chi connectivity index (χ1) is 21.9. The van der Waals surface area contributed by atoms with Crippen molar-refractivity contribution in [3.05, 3.63) is 42.0 Å². The van der Waals surface area contributed by atoms with E-state index in [9.17, 15) is 19.5 Å². The number of piperidine rings is 1. The maximum absolute atomic E-state index is 14.4. The van der Waals surface area contributed by atoms with Gasteiger partial charge in [0.25, 0.3) is 5.91 Å². The van der Waals surface area contributed by atoms with Gasteiger partial charge in [0, 0.05) is 83.9 Å². The molecule has 3 amide bonds. The lowest BCUT2D eigenvalue weighted by Gasteiger charge is -2.44. The van der Waals surface area contributed by atoms with Crippen molar-refractivity contribution in [2.45, 2.75) is 58.9 Å². The molecule has 2 fully saturated rings. The van der Waals surface area contributed by atoms with Crippen LogP contribution in [0.5, 0.6) is 0 Å². The summed E-state index contributed by atoms with van der Waals surface area (Å²) in [4.78, 5) is 61.3. The number of hydrogen-bond acceptors (Lipinski definition) is 9. The molecule has 4 rings (SSSR count). The third-order valence-electron chi connectivity index (χ3n) is 8.38. The smallest absolute Gasteiger partial charge is 0.407 e. The molecule has 2 aromatic rings. The second kappa shape index (κ2) is 15.5. The maximum Gasteiger partial charge on any atom is 0.407 e. The minimum Gasteiger partial charge on any atom is -0.465 e. The Morgan fingerprint density at radius 1 is 1.09 bits per heavy atom. The Hall–Kier alpha value is -4.00. The number of carbonyl (C=O) groups excluding carboxylic acids is 2. The lowest BCUT2D eigenvalue weighted by Crippen LogP contribution is -2.58. The van der Waals surface area contributed by atoms with E-state index in [1.54, 1.807) is 24.4 Å². The average molecular weight is 639 g/mol. The SMILES string of the molecule is COCCCNc1nc(C(C)(C)C)ncc1C(=O)N(CC(C)C)[C@H]1C[C@@H](C(=O)N2CCN(c3ccccn3)CC2)CN(C(=O)O)C1. The first-order valence-corrected chi connectivity index (χ1v) is 16.2. The van der Waals surface area contributed by atoms with Crippen LogP contribution in [0.3, 0.4) is 0 Å². The summed E-state index contributed by atoms with van der Waals surface area (Å²) in [5.41, 5.74) is -0.00322. The summed E-state index contributed by atoms with van der Waals surface area (Å²) in [5.74, 6) is 1.11. The average Bonchev–Trinajstić information content (AvgIpc) is 3.04. The van der Waals surface area contributed by atoms with Gasteiger partial charge in [0.1, 0.15) is 23.0 Å². The van der Waals surface area contributed by atoms with Crippen molar-refractivity contribution in [1.82, 2.24) is 29.7 Å². The third-order valence-corrected chi connectivity index (χ3v) is 8.38. The monoisotopic (exact) mass is 638 g/mol. The van der Waals surface area contributed by atoms with Gasteiger partial charge < -0.3 is 34.8 Å². The summed E-state index contributed by atoms with van der Waals surface area (Å²) in [7, 11) is 1.64. The lowest BCUT2D eigenvalue weighted by atomic mass is 9.91. The number of hydrogen-bond donors (Lipinski definition) is 2. The Morgan fingerprint density at radius 2 is 1.83 bits per heavy atom. The molecule has 0 bridgehead atoms. The van der Waals surface area contributed by atoms with Gasteiger partial charge in [-0.1, -0.05) is 40.7 Å². The molecule has 0 radical (unpaired) electrons. The molecule has 0 saturated carbocycles. The zero-order valence-corrected chi connectivity index (χ0v) is 28.1. The van der Waals surface area contributed by atoms with Gasteiger partial charge >= 0.3 is 6.09 Å². The van der Waals surface area contributed by atoms with Crippen molar-refractivity contribution >= 4 is 29.5 Å². The standard InChI is InChI=1S/C33H50N8O5/c1-23(2)20-41(30(43)26-19-36-31(33(3,4)5)37-28(26)35-12-9-17-46-6)25-18-24(21-40(22-25)32(44)45)29(42)39-15-13-38(14-16-39)27-10-7-8-11-34-27/h7-8,10-11,19,23-25H,9,12-18,20-22H2,1-6H3,(H,44,45)(H,35,36,37)/t24-,25+/m1/s1. The van der Waals surface area contributed by atoms with Gasteiger partial charge in [-0.3, -0.25) is 9.59 Å². The highest BCUT2D eigenvalue weighted by atomic mass is 16.5. The first-order valence-electron chi connectivity index (χ1n) is 16.2. The molecule has 2 aliphatic rings. The van der Waals surface area contributed by atoms with E-state index in [-0.39, 0.29) is 36.2 Å². The van der Waals surface area contributed by atoms with Gasteiger partial charge in [0.2, 0.25) is 5.91 Å². The molecule has 2 aromatic heterocycles. The molecule has 46 heavy (non-hydrogen) atoms. The van der Waals surface area contributed by atoms with Crippen LogP contribution in [-0.4, -0.2) is 125 Å². The second-order valence-electron chi connectivity index (χ2n) is 13.6. The fourth-order valence-electron chi connectivity index (χ4n) is 5.99. The minimum atomic E-state index is -1.10. The Bertz CT molecular complexity index is 1330. The van der Waals surface area contributed by atoms with Crippen LogP contribution < -0.4 is 10.2 Å². The molecule has 252 valence electrons. The number of aromatic nitrogens is 3. The van der Waals surface area contributed by atoms with Gasteiger partial charge in [-0.15, -0.1) is 0 Å². The zero-order valence-electron chi connectivity index (χ0n) is 28.1. The Morgan fingerprint density at radius 3 is 2.43 bits per heavy atom. The summed E-state index contributed by atoms with van der Waals surface area (Å²) in [6.45, 7) is 14.2. The Labute approximate surface area is 272 Å². The number of likely N-dealkylation sites (tertiary alicyclic amines) is 1. The number of carboxylic acid groups (broad SMARTS) is 1. The number of methoxy groups -OCH3 is 1. The largest absolute Gasteiger partial charge is 0.465 e. The Kier molecular flexibility index (Phi) is 11.8. The number of pyridine rings is 1. The van der Waals surface area contributed by atoms with E-state index in [1.165, 1.54) is 4.90 Å². The van der Waals surface area contributed by atoms with Crippen LogP contribution in [0.2, 0.25) is 0 Å². The number of ether oxygens (including phenoxy) is 1. The summed E-state index contributed by atoms with van der Waals surface area (Å²) in [6, 6.07) is 5.28. The van der Waals surface area contributed by atoms with Gasteiger partial charge in [-0.25, -0.2) is 19.7 Å². The molecular formula is C33H50N8O5. The van der Waals surface area contributed by atoms with E-state index in [0.29, 0.717) is 69.5 Å². The van der Waals surface area contributed by atoms with Crippen LogP contribution in [0.15, 0.2) is 30.6 Å². The highest BCUT2D eigenvalue weighted by Gasteiger charge is 2.41. The Balaban J connectivity index is 1.57. The molecule has 13 nitrogen and oxygen atoms in total. The molecule has 2 N–H and O–H groups in total. The van der Waals surface area contributed by atoms with E-state index in [0.717, 1.165) is 12.2 Å². The van der Waals surface area contributed by atoms with E-state index >= 15 is 0 Å². The van der Waals surface area contributed by atoms with Crippen molar-refractivity contribution in [3.8, 4) is 0 Å². The molecule has 0 aromatic carbocycles. The molecule has 0 aliphatic carbocycles. The normalized spacial score (nSPS) is 18.9. The van der Waals surface area contributed by atoms with Crippen LogP contribution in [0, 0.1) is 11.8 Å². The van der Waals surface area contributed by atoms with Gasteiger partial charge in [-0.05, 0) is 30.9 Å². The molecular weight excluding hydrogens is 588 g/mol. The lowest BCUT2D eigenvalue weighted by molar-refractivity contribution is -0.138. The highest BCUT2D eigenvalue weighted by molar-refractivity contribution is 5.98. The maximum atomic E-state index is 14.4. The van der Waals surface area contributed by atoms with Crippen molar-refractivity contribution in [1.29, 1.82) is 0 Å². The van der Waals surface area contributed by atoms with Crippen LogP contribution in [0.1, 0.15) is 63.6 Å². The summed E-state index contributed by atoms with van der Waals surface area (Å²) in [5, 5.41) is 13.4. The topological polar surface area (TPSA) is 144 Å². The number of piperazine rings is 1. The van der Waals surface area contributed by atoms with Crippen LogP contribution >= 0.6 is 0 Å². The fraction of sp³-hybridized carbons (Fsp3) is 0.636. The van der Waals surface area contributed by atoms with Crippen LogP contribution in [-0.2, 0) is 14.9 Å². The quantitative estimate of drug-likeness (QED) is 0.351. The van der Waals surface area contributed by atoms with E-state index < -0.39 is 18.1 Å². The van der Waals surface area contributed by atoms with E-state index in [4.69, 9.17) is 9.72 Å². The van der Waals surface area contributed by atoms with E-state index in [1.807, 2.05) is 57.7 Å². The third kappa shape index (κ3) is 8.83. The molecule has 0 unspecified atom stereocenters. The number of nitrogens with one attached hydrogen (secondary N) is 1. The molecule has 2 aliphatic heterocycles. The van der Waals surface area contributed by atoms with Crippen molar-refractivity contribution in [2.24, 2.45) is 11.8 Å². The van der Waals surface area contributed by atoms with Gasteiger partial charge in [0.05, 0.1) is 12.0 Å². The fourth-order valence-corrected chi connectivity index (χ4v) is 5.99. The van der Waals surface area contributed by atoms with Crippen molar-refractivity contribution < 1.29 is 24.2 Å². The predicted octanol–water partition coefficient (Wildman–Crippen LogP) is 3.43. The molecule has 13 heteroatoms. The predicted molar refractivity (Wildman–Crippen MR) is 176 cm³/mol. The van der Waals surface area contributed by atoms with Crippen molar-refractivity contribution in [2.75, 3.05) is 76.3 Å². The summed E-state index contributed by atoms with van der Waals surface area (Å²) < 4.78 is 5.19. The van der Waals surface area contributed by atoms with E-state index in [2.05, 4.69) is 20.2 Å². The van der Waals surface area contributed by atoms with Crippen molar-refractivity contribution in [3.63, 3.8) is 0 Å². The van der Waals surface area contributed by atoms with Gasteiger partial charge in [-0.2, -0.15) is 0 Å². The van der Waals surface area contributed by atoms with Crippen LogP contribution in [0.4, 0.5) is 16.4 Å². The molecule has 0 spiro atoms. The first kappa shape index (κ1) is 34.9. The molecule has 4 heterocycles. The highest BCUT2D eigenvalue weighted by Crippen LogP contribution is 2.28. The summed E-state index contributed by atoms with van der Waals surface area (Å²) >= 11 is 0. The van der Waals surface area contributed by atoms with Crippen LogP contribution in [0.25, 0.3) is 0 Å².